The fraction of sp³-hybridized carbons (Fsp3) is 0.316. The van der Waals surface area contributed by atoms with Crippen molar-refractivity contribution in [3.05, 3.63) is 125 Å². The Hall–Kier alpha value is -5.48. The molecule has 2 unspecified atom stereocenters. The van der Waals surface area contributed by atoms with Crippen molar-refractivity contribution in [3.63, 3.8) is 0 Å². The molecule has 1 aliphatic carbocycles. The number of carbonyl (C=O) groups is 2. The summed E-state index contributed by atoms with van der Waals surface area (Å²) in [6.45, 7) is 0.193. The molecule has 1 amide bonds. The van der Waals surface area contributed by atoms with Crippen molar-refractivity contribution < 1.29 is 72.8 Å². The minimum absolute atomic E-state index is 0.0425. The van der Waals surface area contributed by atoms with E-state index in [0.29, 0.717) is 36.6 Å². The molecule has 1 saturated carbocycles. The topological polar surface area (TPSA) is 94.1 Å². The van der Waals surface area contributed by atoms with E-state index in [-0.39, 0.29) is 29.7 Å². The van der Waals surface area contributed by atoms with E-state index in [1.54, 1.807) is 0 Å². The Morgan fingerprint density at radius 2 is 1.31 bits per heavy atom. The predicted octanol–water partition coefficient (Wildman–Crippen LogP) is 9.83. The van der Waals surface area contributed by atoms with Gasteiger partial charge in [-0.15, -0.1) is 26.3 Å². The first-order chi connectivity index (χ1) is 25.7. The third-order valence-electron chi connectivity index (χ3n) is 8.99. The Bertz CT molecular complexity index is 1920. The second kappa shape index (κ2) is 16.1. The smallest absolute Gasteiger partial charge is 0.493 e. The fourth-order valence-electron chi connectivity index (χ4n) is 6.52. The first-order valence-electron chi connectivity index (χ1n) is 16.6. The molecule has 55 heavy (non-hydrogen) atoms. The molecule has 4 aromatic rings. The summed E-state index contributed by atoms with van der Waals surface area (Å²) in [6.07, 6.45) is -13.6. The number of hydrogen-bond donors (Lipinski definition) is 2. The summed E-state index contributed by atoms with van der Waals surface area (Å²) < 4.78 is 149. The van der Waals surface area contributed by atoms with Gasteiger partial charge in [-0.05, 0) is 96.5 Å². The highest BCUT2D eigenvalue weighted by atomic mass is 19.4. The van der Waals surface area contributed by atoms with Gasteiger partial charge in [-0.25, -0.2) is 4.39 Å². The van der Waals surface area contributed by atoms with Crippen LogP contribution < -0.4 is 19.5 Å². The molecule has 1 aliphatic rings. The standard InChI is InChI=1S/C38H31F10NO6/c39-32-15-12-24(17-31(32)36(40,41)42)33(50)49-35(26-6-2-8-29(18-26)54-37(43,44)45,27-7-3-9-30(19-27)55-38(46,47)48)20-22-10-13-28(14-11-22)53-21-23-4-1-5-25(16-23)34(51)52/h2-3,6-15,17-19,23,25H,1,4-5,16,20-21H2,(H,49,50)(H,51,52). The maximum absolute atomic E-state index is 14.2. The summed E-state index contributed by atoms with van der Waals surface area (Å²) >= 11 is 0. The van der Waals surface area contributed by atoms with Crippen LogP contribution in [-0.4, -0.2) is 36.3 Å². The number of halogens is 10. The maximum Gasteiger partial charge on any atom is 0.573 e. The van der Waals surface area contributed by atoms with E-state index in [4.69, 9.17) is 4.74 Å². The quantitative estimate of drug-likeness (QED) is 0.139. The average molecular weight is 788 g/mol. The molecule has 7 nitrogen and oxygen atoms in total. The van der Waals surface area contributed by atoms with Crippen LogP contribution in [0.5, 0.6) is 17.2 Å². The Kier molecular flexibility index (Phi) is 11.9. The Balaban J connectivity index is 1.60. The number of rotatable bonds is 12. The summed E-state index contributed by atoms with van der Waals surface area (Å²) in [5.74, 6) is -5.70. The molecule has 4 aromatic carbocycles. The summed E-state index contributed by atoms with van der Waals surface area (Å²) in [4.78, 5) is 25.4. The van der Waals surface area contributed by atoms with Gasteiger partial charge in [-0.1, -0.05) is 42.8 Å². The van der Waals surface area contributed by atoms with E-state index in [1.807, 2.05) is 0 Å². The molecule has 0 saturated heterocycles. The number of amides is 1. The first-order valence-corrected chi connectivity index (χ1v) is 16.6. The van der Waals surface area contributed by atoms with Gasteiger partial charge in [0.2, 0.25) is 0 Å². The third kappa shape index (κ3) is 10.8. The van der Waals surface area contributed by atoms with E-state index >= 15 is 0 Å². The van der Waals surface area contributed by atoms with Crippen LogP contribution in [0.1, 0.15) is 58.3 Å². The van der Waals surface area contributed by atoms with Crippen molar-refractivity contribution in [1.82, 2.24) is 5.32 Å². The molecule has 0 radical (unpaired) electrons. The molecule has 294 valence electrons. The highest BCUT2D eigenvalue weighted by Gasteiger charge is 2.41. The average Bonchev–Trinajstić information content (AvgIpc) is 3.09. The van der Waals surface area contributed by atoms with Crippen LogP contribution in [0, 0.1) is 17.7 Å². The lowest BCUT2D eigenvalue weighted by molar-refractivity contribution is -0.275. The van der Waals surface area contributed by atoms with Crippen LogP contribution in [0.15, 0.2) is 91.0 Å². The zero-order chi connectivity index (χ0) is 40.2. The van der Waals surface area contributed by atoms with Gasteiger partial charge in [0.05, 0.1) is 23.6 Å². The van der Waals surface area contributed by atoms with E-state index < -0.39 is 77.1 Å². The molecular weight excluding hydrogens is 756 g/mol. The maximum atomic E-state index is 14.2. The lowest BCUT2D eigenvalue weighted by atomic mass is 9.77. The number of carboxylic acid groups (broad SMARTS) is 1. The molecule has 2 N–H and O–H groups in total. The van der Waals surface area contributed by atoms with Gasteiger partial charge >= 0.3 is 24.9 Å². The van der Waals surface area contributed by atoms with Crippen molar-refractivity contribution in [2.75, 3.05) is 6.61 Å². The summed E-state index contributed by atoms with van der Waals surface area (Å²) in [6, 6.07) is 15.5. The van der Waals surface area contributed by atoms with Crippen molar-refractivity contribution in [2.45, 2.75) is 56.5 Å². The van der Waals surface area contributed by atoms with Crippen LogP contribution in [0.3, 0.4) is 0 Å². The number of alkyl halides is 9. The second-order valence-corrected chi connectivity index (χ2v) is 12.9. The van der Waals surface area contributed by atoms with E-state index in [0.717, 1.165) is 48.9 Å². The zero-order valence-corrected chi connectivity index (χ0v) is 28.3. The molecule has 2 atom stereocenters. The van der Waals surface area contributed by atoms with Crippen molar-refractivity contribution in [3.8, 4) is 17.2 Å². The molecule has 0 spiro atoms. The predicted molar refractivity (Wildman–Crippen MR) is 175 cm³/mol. The number of aliphatic carboxylic acids is 1. The first kappa shape index (κ1) is 40.7. The number of ether oxygens (including phenoxy) is 3. The highest BCUT2D eigenvalue weighted by molar-refractivity contribution is 5.95. The normalized spacial score (nSPS) is 16.6. The number of hydrogen-bond acceptors (Lipinski definition) is 5. The number of carboxylic acids is 1. The van der Waals surface area contributed by atoms with Gasteiger partial charge in [-0.3, -0.25) is 9.59 Å². The van der Waals surface area contributed by atoms with Crippen LogP contribution in [0.4, 0.5) is 43.9 Å². The van der Waals surface area contributed by atoms with Crippen LogP contribution in [0.2, 0.25) is 0 Å². The number of carbonyl (C=O) groups excluding carboxylic acids is 1. The van der Waals surface area contributed by atoms with Crippen molar-refractivity contribution >= 4 is 11.9 Å². The zero-order valence-electron chi connectivity index (χ0n) is 28.3. The Morgan fingerprint density at radius 3 is 1.84 bits per heavy atom. The molecule has 17 heteroatoms. The fourth-order valence-corrected chi connectivity index (χ4v) is 6.52. The second-order valence-electron chi connectivity index (χ2n) is 12.9. The minimum Gasteiger partial charge on any atom is -0.493 e. The van der Waals surface area contributed by atoms with Crippen molar-refractivity contribution in [2.24, 2.45) is 11.8 Å². The lowest BCUT2D eigenvalue weighted by Gasteiger charge is -2.37. The van der Waals surface area contributed by atoms with Crippen molar-refractivity contribution in [1.29, 1.82) is 0 Å². The Morgan fingerprint density at radius 1 is 0.727 bits per heavy atom. The van der Waals surface area contributed by atoms with Gasteiger partial charge in [0.1, 0.15) is 23.1 Å². The van der Waals surface area contributed by atoms with Gasteiger partial charge in [0.25, 0.3) is 5.91 Å². The van der Waals surface area contributed by atoms with Gasteiger partial charge in [0.15, 0.2) is 0 Å². The summed E-state index contributed by atoms with van der Waals surface area (Å²) in [7, 11) is 0. The number of benzene rings is 4. The van der Waals surface area contributed by atoms with Crippen LogP contribution in [0.25, 0.3) is 0 Å². The van der Waals surface area contributed by atoms with Gasteiger partial charge in [-0.2, -0.15) is 13.2 Å². The van der Waals surface area contributed by atoms with Crippen LogP contribution >= 0.6 is 0 Å². The van der Waals surface area contributed by atoms with E-state index in [2.05, 4.69) is 14.8 Å². The van der Waals surface area contributed by atoms with E-state index in [9.17, 15) is 58.6 Å². The number of nitrogens with one attached hydrogen (secondary N) is 1. The molecule has 0 heterocycles. The van der Waals surface area contributed by atoms with Gasteiger partial charge in [0, 0.05) is 12.0 Å². The SMILES string of the molecule is O=C(NC(Cc1ccc(OCC2CCCC(C(=O)O)C2)cc1)(c1cccc(OC(F)(F)F)c1)c1cccc(OC(F)(F)F)c1)c1ccc(F)c(C(F)(F)F)c1. The third-order valence-corrected chi connectivity index (χ3v) is 8.99. The summed E-state index contributed by atoms with van der Waals surface area (Å²) in [5, 5.41) is 11.9. The molecule has 1 fully saturated rings. The molecular formula is C38H31F10NO6. The molecule has 0 aliphatic heterocycles. The lowest BCUT2D eigenvalue weighted by Crippen LogP contribution is -2.48. The van der Waals surface area contributed by atoms with Gasteiger partial charge < -0.3 is 24.6 Å². The molecule has 0 aromatic heterocycles. The highest BCUT2D eigenvalue weighted by Crippen LogP contribution is 2.40. The monoisotopic (exact) mass is 787 g/mol. The minimum atomic E-state index is -5.23. The largest absolute Gasteiger partial charge is 0.573 e. The molecule has 0 bridgehead atoms. The summed E-state index contributed by atoms with van der Waals surface area (Å²) in [5.41, 5.74) is -4.83. The Labute approximate surface area is 306 Å². The van der Waals surface area contributed by atoms with E-state index in [1.165, 1.54) is 36.4 Å². The molecule has 5 rings (SSSR count). The van der Waals surface area contributed by atoms with Crippen LogP contribution in [-0.2, 0) is 22.9 Å².